The molecule has 0 saturated heterocycles. The SMILES string of the molecule is C/C=C(/C)c1nc(-c2cn3ccnc3cc2CC)c(C)cc1C[C@H](CC)COC. The van der Waals surface area contributed by atoms with Gasteiger partial charge in [-0.1, -0.05) is 32.4 Å². The van der Waals surface area contributed by atoms with Gasteiger partial charge in [0.15, 0.2) is 0 Å². The fourth-order valence-electron chi connectivity index (χ4n) is 3.95. The highest BCUT2D eigenvalue weighted by Gasteiger charge is 2.18. The third-order valence-corrected chi connectivity index (χ3v) is 5.84. The molecule has 3 aromatic rings. The number of imidazole rings is 1. The van der Waals surface area contributed by atoms with Crippen molar-refractivity contribution in [2.45, 2.75) is 53.9 Å². The fraction of sp³-hybridized carbons (Fsp3) is 0.440. The lowest BCUT2D eigenvalue weighted by atomic mass is 9.91. The van der Waals surface area contributed by atoms with E-state index in [1.165, 1.54) is 27.8 Å². The molecular weight excluding hydrogens is 358 g/mol. The molecule has 154 valence electrons. The number of hydrogen-bond donors (Lipinski definition) is 0. The standard InChI is InChI=1S/C25H33N3O/c1-7-17(4)24-21(13-19(8-2)16-29-6)12-18(5)25(27-24)22-15-28-11-10-26-23(28)14-20(22)9-3/h7,10-12,14-15,19H,8-9,13,16H2,1-6H3/b17-7-/t19-/m0/s1. The van der Waals surface area contributed by atoms with Crippen LogP contribution in [0.2, 0.25) is 0 Å². The second kappa shape index (κ2) is 9.36. The van der Waals surface area contributed by atoms with Crippen LogP contribution in [0.15, 0.2) is 36.8 Å². The average molecular weight is 392 g/mol. The molecule has 3 rings (SSSR count). The highest BCUT2D eigenvalue weighted by atomic mass is 16.5. The summed E-state index contributed by atoms with van der Waals surface area (Å²) in [5.74, 6) is 0.504. The van der Waals surface area contributed by atoms with Gasteiger partial charge in [-0.05, 0) is 67.9 Å². The third-order valence-electron chi connectivity index (χ3n) is 5.84. The zero-order valence-corrected chi connectivity index (χ0v) is 18.6. The maximum atomic E-state index is 5.44. The van der Waals surface area contributed by atoms with Crippen LogP contribution in [0.1, 0.15) is 56.5 Å². The van der Waals surface area contributed by atoms with Crippen molar-refractivity contribution < 1.29 is 4.74 Å². The van der Waals surface area contributed by atoms with Gasteiger partial charge in [0, 0.05) is 37.9 Å². The van der Waals surface area contributed by atoms with Gasteiger partial charge in [0.25, 0.3) is 0 Å². The van der Waals surface area contributed by atoms with Crippen LogP contribution in [-0.4, -0.2) is 28.1 Å². The van der Waals surface area contributed by atoms with E-state index in [1.54, 1.807) is 7.11 Å². The zero-order valence-electron chi connectivity index (χ0n) is 18.6. The van der Waals surface area contributed by atoms with Gasteiger partial charge < -0.3 is 9.14 Å². The van der Waals surface area contributed by atoms with Crippen LogP contribution in [0.25, 0.3) is 22.5 Å². The molecule has 0 spiro atoms. The molecule has 0 radical (unpaired) electrons. The lowest BCUT2D eigenvalue weighted by molar-refractivity contribution is 0.150. The van der Waals surface area contributed by atoms with Crippen molar-refractivity contribution in [3.8, 4) is 11.3 Å². The van der Waals surface area contributed by atoms with Crippen molar-refractivity contribution in [2.24, 2.45) is 5.92 Å². The minimum absolute atomic E-state index is 0.504. The molecule has 0 amide bonds. The highest BCUT2D eigenvalue weighted by Crippen LogP contribution is 2.31. The molecule has 0 fully saturated rings. The van der Waals surface area contributed by atoms with Crippen molar-refractivity contribution in [1.29, 1.82) is 0 Å². The predicted molar refractivity (Wildman–Crippen MR) is 121 cm³/mol. The van der Waals surface area contributed by atoms with Crippen LogP contribution in [0.5, 0.6) is 0 Å². The third kappa shape index (κ3) is 4.43. The van der Waals surface area contributed by atoms with Gasteiger partial charge in [0.2, 0.25) is 0 Å². The monoisotopic (exact) mass is 391 g/mol. The maximum Gasteiger partial charge on any atom is 0.136 e. The van der Waals surface area contributed by atoms with Gasteiger partial charge >= 0.3 is 0 Å². The number of ether oxygens (including phenoxy) is 1. The van der Waals surface area contributed by atoms with Crippen molar-refractivity contribution >= 4 is 11.2 Å². The first-order chi connectivity index (χ1) is 14.0. The van der Waals surface area contributed by atoms with Crippen LogP contribution in [0, 0.1) is 12.8 Å². The van der Waals surface area contributed by atoms with E-state index >= 15 is 0 Å². The lowest BCUT2D eigenvalue weighted by Crippen LogP contribution is -2.13. The Balaban J connectivity index is 2.16. The van der Waals surface area contributed by atoms with E-state index in [-0.39, 0.29) is 0 Å². The molecular formula is C25H33N3O. The van der Waals surface area contributed by atoms with Crippen molar-refractivity contribution in [3.05, 3.63) is 59.2 Å². The van der Waals surface area contributed by atoms with E-state index in [0.29, 0.717) is 5.92 Å². The largest absolute Gasteiger partial charge is 0.384 e. The Hall–Kier alpha value is -2.46. The Bertz CT molecular complexity index is 1020. The van der Waals surface area contributed by atoms with Gasteiger partial charge in [-0.2, -0.15) is 0 Å². The van der Waals surface area contributed by atoms with Gasteiger partial charge in [0.1, 0.15) is 5.65 Å². The van der Waals surface area contributed by atoms with Crippen molar-refractivity contribution in [3.63, 3.8) is 0 Å². The summed E-state index contributed by atoms with van der Waals surface area (Å²) in [6.07, 6.45) is 11.2. The number of rotatable bonds is 8. The summed E-state index contributed by atoms with van der Waals surface area (Å²) < 4.78 is 7.52. The van der Waals surface area contributed by atoms with Gasteiger partial charge in [0.05, 0.1) is 11.4 Å². The molecule has 0 aliphatic carbocycles. The normalized spacial score (nSPS) is 13.2. The number of fused-ring (bicyclic) bond motifs is 1. The van der Waals surface area contributed by atoms with Crippen LogP contribution in [0.3, 0.4) is 0 Å². The Labute approximate surface area is 174 Å². The predicted octanol–water partition coefficient (Wildman–Crippen LogP) is 5.91. The maximum absolute atomic E-state index is 5.44. The average Bonchev–Trinajstić information content (AvgIpc) is 3.19. The molecule has 4 nitrogen and oxygen atoms in total. The summed E-state index contributed by atoms with van der Waals surface area (Å²) in [5.41, 5.74) is 9.37. The highest BCUT2D eigenvalue weighted by molar-refractivity contribution is 5.73. The van der Waals surface area contributed by atoms with Crippen LogP contribution < -0.4 is 0 Å². The molecule has 0 bridgehead atoms. The Morgan fingerprint density at radius 1 is 1.24 bits per heavy atom. The first-order valence-electron chi connectivity index (χ1n) is 10.6. The topological polar surface area (TPSA) is 39.4 Å². The zero-order chi connectivity index (χ0) is 21.0. The van der Waals surface area contributed by atoms with E-state index in [1.807, 2.05) is 12.4 Å². The smallest absolute Gasteiger partial charge is 0.136 e. The van der Waals surface area contributed by atoms with Gasteiger partial charge in [-0.25, -0.2) is 9.97 Å². The second-order valence-electron chi connectivity index (χ2n) is 7.83. The second-order valence-corrected chi connectivity index (χ2v) is 7.83. The summed E-state index contributed by atoms with van der Waals surface area (Å²) in [5, 5.41) is 0. The number of allylic oxidation sites excluding steroid dienone is 2. The summed E-state index contributed by atoms with van der Waals surface area (Å²) in [6, 6.07) is 4.51. The minimum Gasteiger partial charge on any atom is -0.384 e. The number of aromatic nitrogens is 3. The van der Waals surface area contributed by atoms with Crippen molar-refractivity contribution in [1.82, 2.24) is 14.4 Å². The van der Waals surface area contributed by atoms with E-state index in [4.69, 9.17) is 9.72 Å². The molecule has 0 aliphatic heterocycles. The van der Waals surface area contributed by atoms with Gasteiger partial charge in [-0.3, -0.25) is 0 Å². The lowest BCUT2D eigenvalue weighted by Gasteiger charge is -2.20. The molecule has 29 heavy (non-hydrogen) atoms. The van der Waals surface area contributed by atoms with E-state index in [2.05, 4.69) is 68.4 Å². The number of aryl methyl sites for hydroxylation is 2. The quantitative estimate of drug-likeness (QED) is 0.479. The Morgan fingerprint density at radius 3 is 2.69 bits per heavy atom. The van der Waals surface area contributed by atoms with Crippen LogP contribution in [0.4, 0.5) is 0 Å². The van der Waals surface area contributed by atoms with E-state index in [0.717, 1.165) is 42.9 Å². The summed E-state index contributed by atoms with van der Waals surface area (Å²) in [7, 11) is 1.78. The fourth-order valence-corrected chi connectivity index (χ4v) is 3.95. The van der Waals surface area contributed by atoms with Crippen LogP contribution >= 0.6 is 0 Å². The number of methoxy groups -OCH3 is 1. The van der Waals surface area contributed by atoms with Gasteiger partial charge in [-0.15, -0.1) is 0 Å². The Morgan fingerprint density at radius 2 is 2.03 bits per heavy atom. The molecule has 0 aliphatic rings. The minimum atomic E-state index is 0.504. The number of pyridine rings is 2. The molecule has 3 heterocycles. The molecule has 3 aromatic heterocycles. The summed E-state index contributed by atoms with van der Waals surface area (Å²) in [6.45, 7) is 11.6. The molecule has 0 unspecified atom stereocenters. The van der Waals surface area contributed by atoms with Crippen molar-refractivity contribution in [2.75, 3.05) is 13.7 Å². The molecule has 0 N–H and O–H groups in total. The number of nitrogens with zero attached hydrogens (tertiary/aromatic N) is 3. The molecule has 1 atom stereocenters. The molecule has 0 saturated carbocycles. The first kappa shape index (κ1) is 21.3. The Kier molecular flexibility index (Phi) is 6.86. The summed E-state index contributed by atoms with van der Waals surface area (Å²) in [4.78, 5) is 9.66. The van der Waals surface area contributed by atoms with E-state index < -0.39 is 0 Å². The number of hydrogen-bond acceptors (Lipinski definition) is 3. The first-order valence-corrected chi connectivity index (χ1v) is 10.6. The van der Waals surface area contributed by atoms with E-state index in [9.17, 15) is 0 Å². The molecule has 0 aromatic carbocycles. The summed E-state index contributed by atoms with van der Waals surface area (Å²) >= 11 is 0. The molecule has 4 heteroatoms. The van der Waals surface area contributed by atoms with Crippen LogP contribution in [-0.2, 0) is 17.6 Å².